The van der Waals surface area contributed by atoms with Crippen LogP contribution in [0.2, 0.25) is 0 Å². The van der Waals surface area contributed by atoms with Crippen molar-refractivity contribution in [3.05, 3.63) is 35.9 Å². The van der Waals surface area contributed by atoms with Crippen LogP contribution in [0.15, 0.2) is 30.3 Å². The Morgan fingerprint density at radius 2 is 1.93 bits per heavy atom. The van der Waals surface area contributed by atoms with Crippen LogP contribution in [0, 0.1) is 0 Å². The van der Waals surface area contributed by atoms with Gasteiger partial charge in [0.2, 0.25) is 0 Å². The van der Waals surface area contributed by atoms with E-state index in [1.165, 1.54) is 0 Å². The van der Waals surface area contributed by atoms with E-state index in [0.29, 0.717) is 12.8 Å². The molecule has 0 bridgehead atoms. The number of hydrogen-bond donors (Lipinski definition) is 1. The molecule has 0 aliphatic heterocycles. The smallest absolute Gasteiger partial charge is 0.169 e. The van der Waals surface area contributed by atoms with E-state index in [4.69, 9.17) is 4.74 Å². The van der Waals surface area contributed by atoms with E-state index in [0.717, 1.165) is 18.4 Å². The van der Waals surface area contributed by atoms with E-state index in [9.17, 15) is 5.11 Å². The van der Waals surface area contributed by atoms with E-state index in [1.54, 1.807) is 7.11 Å². The van der Waals surface area contributed by atoms with Crippen LogP contribution in [0.1, 0.15) is 31.7 Å². The Morgan fingerprint density at radius 1 is 1.27 bits per heavy atom. The second kappa shape index (κ2) is 5.89. The molecule has 0 amide bonds. The van der Waals surface area contributed by atoms with Crippen LogP contribution in [0.3, 0.4) is 0 Å². The monoisotopic (exact) mass is 208 g/mol. The molecule has 0 saturated heterocycles. The maximum absolute atomic E-state index is 10.2. The van der Waals surface area contributed by atoms with Crippen molar-refractivity contribution in [2.24, 2.45) is 0 Å². The molecule has 0 spiro atoms. The summed E-state index contributed by atoms with van der Waals surface area (Å²) in [6.45, 7) is 2.11. The fraction of sp³-hybridized carbons (Fsp3) is 0.538. The largest absolute Gasteiger partial charge is 0.365 e. The van der Waals surface area contributed by atoms with Gasteiger partial charge >= 0.3 is 0 Å². The summed E-state index contributed by atoms with van der Waals surface area (Å²) >= 11 is 0. The van der Waals surface area contributed by atoms with Gasteiger partial charge < -0.3 is 9.84 Å². The van der Waals surface area contributed by atoms with E-state index in [-0.39, 0.29) is 0 Å². The summed E-state index contributed by atoms with van der Waals surface area (Å²) in [5, 5.41) is 10.2. The Labute approximate surface area is 91.9 Å². The van der Waals surface area contributed by atoms with Crippen LogP contribution in [0.4, 0.5) is 0 Å². The van der Waals surface area contributed by atoms with E-state index in [2.05, 4.69) is 6.92 Å². The molecule has 1 aromatic carbocycles. The van der Waals surface area contributed by atoms with E-state index >= 15 is 0 Å². The molecule has 2 heteroatoms. The highest BCUT2D eigenvalue weighted by Crippen LogP contribution is 2.20. The van der Waals surface area contributed by atoms with Gasteiger partial charge in [0.25, 0.3) is 0 Å². The number of benzene rings is 1. The summed E-state index contributed by atoms with van der Waals surface area (Å²) in [6.07, 6.45) is 3.30. The molecule has 0 aromatic heterocycles. The summed E-state index contributed by atoms with van der Waals surface area (Å²) < 4.78 is 5.20. The highest BCUT2D eigenvalue weighted by atomic mass is 16.6. The second-order valence-corrected chi connectivity index (χ2v) is 3.92. The lowest BCUT2D eigenvalue weighted by molar-refractivity contribution is -0.189. The van der Waals surface area contributed by atoms with Crippen molar-refractivity contribution in [3.8, 4) is 0 Å². The predicted molar refractivity (Wildman–Crippen MR) is 61.6 cm³/mol. The number of hydrogen-bond acceptors (Lipinski definition) is 2. The van der Waals surface area contributed by atoms with Crippen LogP contribution in [0.5, 0.6) is 0 Å². The Morgan fingerprint density at radius 3 is 2.47 bits per heavy atom. The van der Waals surface area contributed by atoms with Crippen LogP contribution in [-0.2, 0) is 11.2 Å². The number of rotatable bonds is 6. The van der Waals surface area contributed by atoms with Crippen LogP contribution >= 0.6 is 0 Å². The third kappa shape index (κ3) is 4.02. The zero-order valence-corrected chi connectivity index (χ0v) is 9.57. The second-order valence-electron chi connectivity index (χ2n) is 3.92. The van der Waals surface area contributed by atoms with Gasteiger partial charge in [-0.05, 0) is 12.0 Å². The minimum absolute atomic E-state index is 0.560. The van der Waals surface area contributed by atoms with Crippen molar-refractivity contribution in [3.63, 3.8) is 0 Å². The number of methoxy groups -OCH3 is 1. The topological polar surface area (TPSA) is 29.5 Å². The first-order valence-electron chi connectivity index (χ1n) is 5.51. The Kier molecular flexibility index (Phi) is 4.79. The minimum atomic E-state index is -1.00. The molecular weight excluding hydrogens is 188 g/mol. The lowest BCUT2D eigenvalue weighted by atomic mass is 10.00. The van der Waals surface area contributed by atoms with Crippen LogP contribution < -0.4 is 0 Å². The first kappa shape index (κ1) is 12.2. The SMILES string of the molecule is CCCCC(O)(Cc1ccccc1)OC. The molecule has 0 fully saturated rings. The van der Waals surface area contributed by atoms with E-state index in [1.807, 2.05) is 30.3 Å². The van der Waals surface area contributed by atoms with Gasteiger partial charge in [-0.3, -0.25) is 0 Å². The van der Waals surface area contributed by atoms with Crippen LogP contribution in [0.25, 0.3) is 0 Å². The van der Waals surface area contributed by atoms with Crippen molar-refractivity contribution < 1.29 is 9.84 Å². The summed E-state index contributed by atoms with van der Waals surface area (Å²) in [5.41, 5.74) is 1.11. The summed E-state index contributed by atoms with van der Waals surface area (Å²) in [7, 11) is 1.57. The average Bonchev–Trinajstić information content (AvgIpc) is 2.28. The van der Waals surface area contributed by atoms with Gasteiger partial charge in [0.05, 0.1) is 0 Å². The van der Waals surface area contributed by atoms with Gasteiger partial charge in [-0.1, -0.05) is 43.7 Å². The Hall–Kier alpha value is -0.860. The van der Waals surface area contributed by atoms with Crippen LogP contribution in [-0.4, -0.2) is 18.0 Å². The molecular formula is C13H20O2. The number of aliphatic hydroxyl groups is 1. The molecule has 0 aliphatic rings. The Bertz CT molecular complexity index is 271. The number of unbranched alkanes of at least 4 members (excludes halogenated alkanes) is 1. The van der Waals surface area contributed by atoms with Gasteiger partial charge in [0, 0.05) is 20.0 Å². The average molecular weight is 208 g/mol. The van der Waals surface area contributed by atoms with Crippen molar-refractivity contribution in [2.75, 3.05) is 7.11 Å². The highest BCUT2D eigenvalue weighted by Gasteiger charge is 2.25. The molecule has 1 N–H and O–H groups in total. The van der Waals surface area contributed by atoms with Gasteiger partial charge in [-0.25, -0.2) is 0 Å². The standard InChI is InChI=1S/C13H20O2/c1-3-4-10-13(14,15-2)11-12-8-6-5-7-9-12/h5-9,14H,3-4,10-11H2,1-2H3. The van der Waals surface area contributed by atoms with E-state index < -0.39 is 5.79 Å². The third-order valence-corrected chi connectivity index (χ3v) is 2.62. The van der Waals surface area contributed by atoms with Gasteiger partial charge in [-0.2, -0.15) is 0 Å². The van der Waals surface area contributed by atoms with Crippen molar-refractivity contribution in [1.82, 2.24) is 0 Å². The predicted octanol–water partition coefficient (Wildman–Crippen LogP) is 2.75. The number of ether oxygens (including phenoxy) is 1. The molecule has 0 radical (unpaired) electrons. The molecule has 0 heterocycles. The van der Waals surface area contributed by atoms with Crippen molar-refractivity contribution in [1.29, 1.82) is 0 Å². The molecule has 0 saturated carbocycles. The fourth-order valence-corrected chi connectivity index (χ4v) is 1.63. The maximum Gasteiger partial charge on any atom is 0.169 e. The lowest BCUT2D eigenvalue weighted by Gasteiger charge is -2.26. The normalized spacial score (nSPS) is 14.9. The maximum atomic E-state index is 10.2. The molecule has 0 aliphatic carbocycles. The Balaban J connectivity index is 2.59. The zero-order valence-electron chi connectivity index (χ0n) is 9.57. The summed E-state index contributed by atoms with van der Waals surface area (Å²) in [5.74, 6) is -1.00. The van der Waals surface area contributed by atoms with Gasteiger partial charge in [0.15, 0.2) is 5.79 Å². The summed E-state index contributed by atoms with van der Waals surface area (Å²) in [6, 6.07) is 9.95. The first-order chi connectivity index (χ1) is 7.20. The molecule has 84 valence electrons. The highest BCUT2D eigenvalue weighted by molar-refractivity contribution is 5.16. The molecule has 2 nitrogen and oxygen atoms in total. The molecule has 1 atom stereocenters. The van der Waals surface area contributed by atoms with Crippen molar-refractivity contribution in [2.45, 2.75) is 38.4 Å². The molecule has 1 aromatic rings. The first-order valence-corrected chi connectivity index (χ1v) is 5.51. The fourth-order valence-electron chi connectivity index (χ4n) is 1.63. The van der Waals surface area contributed by atoms with Gasteiger partial charge in [-0.15, -0.1) is 0 Å². The quantitative estimate of drug-likeness (QED) is 0.728. The zero-order chi connectivity index (χ0) is 11.1. The third-order valence-electron chi connectivity index (χ3n) is 2.62. The molecule has 1 unspecified atom stereocenters. The lowest BCUT2D eigenvalue weighted by Crippen LogP contribution is -2.33. The molecule has 15 heavy (non-hydrogen) atoms. The minimum Gasteiger partial charge on any atom is -0.365 e. The summed E-state index contributed by atoms with van der Waals surface area (Å²) in [4.78, 5) is 0. The van der Waals surface area contributed by atoms with Crippen molar-refractivity contribution >= 4 is 0 Å². The van der Waals surface area contributed by atoms with Gasteiger partial charge in [0.1, 0.15) is 0 Å². The molecule has 1 rings (SSSR count).